The van der Waals surface area contributed by atoms with E-state index in [0.717, 1.165) is 0 Å². The number of amides is 1. The number of ether oxygens (including phenoxy) is 1. The van der Waals surface area contributed by atoms with Crippen LogP contribution in [0.3, 0.4) is 0 Å². The number of hydrogen-bond donors (Lipinski definition) is 2. The molecule has 0 spiro atoms. The molecule has 2 heterocycles. The van der Waals surface area contributed by atoms with Gasteiger partial charge in [-0.1, -0.05) is 6.07 Å². The maximum absolute atomic E-state index is 11.9. The topological polar surface area (TPSA) is 84.1 Å². The Bertz CT molecular complexity index is 992. The number of nitrogens with one attached hydrogen (secondary N) is 2. The summed E-state index contributed by atoms with van der Waals surface area (Å²) in [5, 5.41) is 10.4. The molecule has 0 fully saturated rings. The number of aromatic nitrogens is 2. The number of aromatic amines is 1. The van der Waals surface area contributed by atoms with Crippen LogP contribution in [0.4, 0.5) is 0 Å². The first-order valence-electron chi connectivity index (χ1n) is 6.75. The van der Waals surface area contributed by atoms with Crippen LogP contribution in [0, 0.1) is 0 Å². The second-order valence-corrected chi connectivity index (χ2v) is 4.97. The molecule has 108 valence electrons. The summed E-state index contributed by atoms with van der Waals surface area (Å²) >= 11 is 0. The van der Waals surface area contributed by atoms with E-state index in [9.17, 15) is 9.59 Å². The molecule has 1 aromatic heterocycles. The zero-order valence-electron chi connectivity index (χ0n) is 11.6. The third-order valence-electron chi connectivity index (χ3n) is 3.72. The summed E-state index contributed by atoms with van der Waals surface area (Å²) < 4.78 is 5.85. The first kappa shape index (κ1) is 12.6. The van der Waals surface area contributed by atoms with Gasteiger partial charge in [0.1, 0.15) is 17.2 Å². The van der Waals surface area contributed by atoms with Crippen LogP contribution in [0.5, 0.6) is 11.5 Å². The summed E-state index contributed by atoms with van der Waals surface area (Å²) in [5.41, 5.74) is 1.53. The van der Waals surface area contributed by atoms with Crippen molar-refractivity contribution in [2.24, 2.45) is 0 Å². The van der Waals surface area contributed by atoms with Crippen molar-refractivity contribution in [1.82, 2.24) is 15.5 Å². The zero-order valence-corrected chi connectivity index (χ0v) is 11.6. The molecule has 1 amide bonds. The summed E-state index contributed by atoms with van der Waals surface area (Å²) in [5.74, 6) is 1.00. The van der Waals surface area contributed by atoms with E-state index in [0.29, 0.717) is 39.1 Å². The molecular weight excluding hydrogens is 282 g/mol. The van der Waals surface area contributed by atoms with Gasteiger partial charge in [0.15, 0.2) is 0 Å². The van der Waals surface area contributed by atoms with Gasteiger partial charge < -0.3 is 10.1 Å². The van der Waals surface area contributed by atoms with Crippen LogP contribution in [-0.4, -0.2) is 23.2 Å². The van der Waals surface area contributed by atoms with Crippen molar-refractivity contribution in [3.8, 4) is 22.8 Å². The Morgan fingerprint density at radius 3 is 2.91 bits per heavy atom. The minimum atomic E-state index is -0.268. The minimum Gasteiger partial charge on any atom is -0.456 e. The van der Waals surface area contributed by atoms with Crippen LogP contribution in [0.2, 0.25) is 0 Å². The molecule has 1 aliphatic rings. The number of nitrogens with zero attached hydrogens (tertiary/aromatic N) is 1. The average molecular weight is 293 g/mol. The fourth-order valence-corrected chi connectivity index (χ4v) is 2.68. The lowest BCUT2D eigenvalue weighted by atomic mass is 9.99. The van der Waals surface area contributed by atoms with E-state index in [2.05, 4.69) is 15.5 Å². The van der Waals surface area contributed by atoms with Crippen LogP contribution in [0.25, 0.3) is 22.0 Å². The highest BCUT2D eigenvalue weighted by molar-refractivity contribution is 6.03. The molecule has 22 heavy (non-hydrogen) atoms. The Morgan fingerprint density at radius 2 is 2.09 bits per heavy atom. The van der Waals surface area contributed by atoms with Gasteiger partial charge in [0.05, 0.1) is 10.8 Å². The molecule has 0 bridgehead atoms. The lowest BCUT2D eigenvalue weighted by molar-refractivity contribution is 0.0963. The van der Waals surface area contributed by atoms with Gasteiger partial charge in [-0.15, -0.1) is 0 Å². The molecular formula is C16H11N3O3. The molecule has 1 aliphatic heterocycles. The molecule has 2 N–H and O–H groups in total. The molecule has 0 saturated heterocycles. The first-order valence-corrected chi connectivity index (χ1v) is 6.75. The lowest BCUT2D eigenvalue weighted by Crippen LogP contribution is -2.18. The van der Waals surface area contributed by atoms with Gasteiger partial charge in [0.2, 0.25) is 0 Å². The highest BCUT2D eigenvalue weighted by Crippen LogP contribution is 2.44. The summed E-state index contributed by atoms with van der Waals surface area (Å²) in [6.45, 7) is 0. The molecule has 6 nitrogen and oxygen atoms in total. The third kappa shape index (κ3) is 1.64. The van der Waals surface area contributed by atoms with Gasteiger partial charge in [-0.05, 0) is 30.3 Å². The van der Waals surface area contributed by atoms with Crippen LogP contribution in [0.15, 0.2) is 41.2 Å². The van der Waals surface area contributed by atoms with Crippen molar-refractivity contribution in [1.29, 1.82) is 0 Å². The Balaban J connectivity index is 2.07. The van der Waals surface area contributed by atoms with E-state index < -0.39 is 0 Å². The Labute approximate surface area is 124 Å². The van der Waals surface area contributed by atoms with E-state index in [4.69, 9.17) is 4.74 Å². The number of hydrogen-bond acceptors (Lipinski definition) is 4. The monoisotopic (exact) mass is 293 g/mol. The van der Waals surface area contributed by atoms with Gasteiger partial charge in [-0.2, -0.15) is 5.10 Å². The highest BCUT2D eigenvalue weighted by Gasteiger charge is 2.23. The number of rotatable bonds is 1. The van der Waals surface area contributed by atoms with Crippen molar-refractivity contribution in [2.45, 2.75) is 0 Å². The predicted octanol–water partition coefficient (Wildman–Crippen LogP) is 2.06. The maximum Gasteiger partial charge on any atom is 0.272 e. The second kappa shape index (κ2) is 4.42. The highest BCUT2D eigenvalue weighted by atomic mass is 16.5. The molecule has 4 rings (SSSR count). The van der Waals surface area contributed by atoms with Crippen LogP contribution >= 0.6 is 0 Å². The molecule has 0 aliphatic carbocycles. The smallest absolute Gasteiger partial charge is 0.272 e. The Hall–Kier alpha value is -3.15. The third-order valence-corrected chi connectivity index (χ3v) is 3.72. The summed E-state index contributed by atoms with van der Waals surface area (Å²) in [6.07, 6.45) is 0. The Kier molecular flexibility index (Phi) is 2.53. The first-order chi connectivity index (χ1) is 10.7. The van der Waals surface area contributed by atoms with Crippen molar-refractivity contribution in [3.63, 3.8) is 0 Å². The largest absolute Gasteiger partial charge is 0.456 e. The predicted molar refractivity (Wildman–Crippen MR) is 81.3 cm³/mol. The molecule has 6 heteroatoms. The van der Waals surface area contributed by atoms with Crippen molar-refractivity contribution in [2.75, 3.05) is 7.05 Å². The van der Waals surface area contributed by atoms with E-state index in [1.807, 2.05) is 0 Å². The van der Waals surface area contributed by atoms with Crippen LogP contribution in [0.1, 0.15) is 10.4 Å². The molecule has 0 atom stereocenters. The Morgan fingerprint density at radius 1 is 1.23 bits per heavy atom. The molecule has 3 aromatic rings. The quantitative estimate of drug-likeness (QED) is 0.562. The molecule has 0 radical (unpaired) electrons. The van der Waals surface area contributed by atoms with E-state index in [1.165, 1.54) is 0 Å². The van der Waals surface area contributed by atoms with Gasteiger partial charge in [0, 0.05) is 18.2 Å². The van der Waals surface area contributed by atoms with Crippen molar-refractivity contribution < 1.29 is 9.53 Å². The normalized spacial score (nSPS) is 11.7. The fourth-order valence-electron chi connectivity index (χ4n) is 2.68. The zero-order chi connectivity index (χ0) is 15.3. The second-order valence-electron chi connectivity index (χ2n) is 4.97. The van der Waals surface area contributed by atoms with E-state index >= 15 is 0 Å². The van der Waals surface area contributed by atoms with Gasteiger partial charge >= 0.3 is 0 Å². The van der Waals surface area contributed by atoms with Gasteiger partial charge in [-0.25, -0.2) is 5.10 Å². The van der Waals surface area contributed by atoms with Crippen molar-refractivity contribution in [3.05, 3.63) is 52.3 Å². The standard InChI is InChI=1S/C16H11N3O3/c1-17-15(20)8-5-6-11-10(7-8)14-13-9(16(21)19-18-14)3-2-4-12(13)22-11/h2-7H,1H3,(H,17,20)(H,19,21). The van der Waals surface area contributed by atoms with E-state index in [-0.39, 0.29) is 11.5 Å². The molecule has 0 saturated carbocycles. The van der Waals surface area contributed by atoms with Gasteiger partial charge in [0.25, 0.3) is 11.5 Å². The summed E-state index contributed by atoms with van der Waals surface area (Å²) in [4.78, 5) is 23.7. The number of fused-ring (bicyclic) bond motifs is 2. The van der Waals surface area contributed by atoms with Crippen LogP contribution < -0.4 is 15.6 Å². The molecule has 0 unspecified atom stereocenters. The average Bonchev–Trinajstić information content (AvgIpc) is 2.56. The summed E-state index contributed by atoms with van der Waals surface area (Å²) in [6, 6.07) is 10.4. The number of benzene rings is 2. The number of carbonyl (C=O) groups excluding carboxylic acids is 1. The maximum atomic E-state index is 11.9. The number of H-pyrrole nitrogens is 1. The fraction of sp³-hybridized carbons (Fsp3) is 0.0625. The van der Waals surface area contributed by atoms with Crippen molar-refractivity contribution >= 4 is 16.7 Å². The van der Waals surface area contributed by atoms with E-state index in [1.54, 1.807) is 43.4 Å². The lowest BCUT2D eigenvalue weighted by Gasteiger charge is -2.20. The number of carbonyl (C=O) groups is 1. The SMILES string of the molecule is CNC(=O)c1ccc2c(c1)-c1n[nH]c(=O)c3cccc(c13)O2. The minimum absolute atomic E-state index is 0.192. The van der Waals surface area contributed by atoms with Gasteiger partial charge in [-0.3, -0.25) is 9.59 Å². The van der Waals surface area contributed by atoms with Crippen LogP contribution in [-0.2, 0) is 0 Å². The molecule has 2 aromatic carbocycles. The summed E-state index contributed by atoms with van der Waals surface area (Å²) in [7, 11) is 1.57.